The zero-order valence-electron chi connectivity index (χ0n) is 13.0. The molecule has 2 aromatic rings. The summed E-state index contributed by atoms with van der Waals surface area (Å²) in [4.78, 5) is 14.5. The molecule has 0 unspecified atom stereocenters. The molecule has 1 aromatic carbocycles. The minimum absolute atomic E-state index is 0.0129. The summed E-state index contributed by atoms with van der Waals surface area (Å²) in [6, 6.07) is 9.79. The van der Waals surface area contributed by atoms with Crippen LogP contribution in [0.3, 0.4) is 0 Å². The normalized spacial score (nSPS) is 16.9. The van der Waals surface area contributed by atoms with Gasteiger partial charge in [-0.05, 0) is 50.2 Å². The Labute approximate surface area is 135 Å². The first-order chi connectivity index (χ1) is 11.3. The second kappa shape index (κ2) is 7.42. The molecule has 1 saturated heterocycles. The molecule has 0 radical (unpaired) electrons. The zero-order chi connectivity index (χ0) is 16.1. The molecule has 23 heavy (non-hydrogen) atoms. The van der Waals surface area contributed by atoms with Crippen molar-refractivity contribution in [2.75, 3.05) is 19.6 Å². The van der Waals surface area contributed by atoms with Gasteiger partial charge in [-0.25, -0.2) is 4.39 Å². The number of hydrogen-bond donors (Lipinski definition) is 1. The molecule has 4 nitrogen and oxygen atoms in total. The van der Waals surface area contributed by atoms with Crippen molar-refractivity contribution in [2.45, 2.75) is 25.3 Å². The predicted octanol–water partition coefficient (Wildman–Crippen LogP) is 3.38. The second-order valence-corrected chi connectivity index (χ2v) is 5.82. The van der Waals surface area contributed by atoms with Crippen molar-refractivity contribution in [3.05, 3.63) is 59.8 Å². The summed E-state index contributed by atoms with van der Waals surface area (Å²) in [6.45, 7) is 2.38. The smallest absolute Gasteiger partial charge is 0.254 e. The average molecular weight is 316 g/mol. The Morgan fingerprint density at radius 1 is 1.17 bits per heavy atom. The third-order valence-electron chi connectivity index (χ3n) is 4.28. The highest BCUT2D eigenvalue weighted by molar-refractivity contribution is 5.94. The minimum atomic E-state index is -0.502. The number of halogens is 1. The van der Waals surface area contributed by atoms with Gasteiger partial charge < -0.3 is 9.73 Å². The molecule has 0 spiro atoms. The van der Waals surface area contributed by atoms with Gasteiger partial charge >= 0.3 is 0 Å². The molecular weight excluding hydrogens is 295 g/mol. The van der Waals surface area contributed by atoms with E-state index in [4.69, 9.17) is 4.42 Å². The van der Waals surface area contributed by atoms with Gasteiger partial charge in [-0.1, -0.05) is 18.6 Å². The van der Waals surface area contributed by atoms with Crippen LogP contribution in [0.5, 0.6) is 0 Å². The summed E-state index contributed by atoms with van der Waals surface area (Å²) in [6.07, 6.45) is 5.19. The zero-order valence-corrected chi connectivity index (χ0v) is 13.0. The number of amides is 1. The lowest BCUT2D eigenvalue weighted by Crippen LogP contribution is -2.40. The largest absolute Gasteiger partial charge is 0.468 e. The highest BCUT2D eigenvalue weighted by Gasteiger charge is 2.25. The summed E-state index contributed by atoms with van der Waals surface area (Å²) < 4.78 is 19.2. The van der Waals surface area contributed by atoms with Crippen LogP contribution in [0.1, 0.15) is 41.4 Å². The summed E-state index contributed by atoms with van der Waals surface area (Å²) >= 11 is 0. The maximum absolute atomic E-state index is 13.7. The first kappa shape index (κ1) is 15.7. The summed E-state index contributed by atoms with van der Waals surface area (Å²) in [5.74, 6) is -0.0603. The third kappa shape index (κ3) is 3.79. The molecule has 3 rings (SSSR count). The number of likely N-dealkylation sites (tertiary alicyclic amines) is 1. The average Bonchev–Trinajstić information content (AvgIpc) is 3.10. The van der Waals surface area contributed by atoms with Crippen LogP contribution >= 0.6 is 0 Å². The Morgan fingerprint density at radius 3 is 2.65 bits per heavy atom. The molecule has 1 atom stereocenters. The van der Waals surface area contributed by atoms with Gasteiger partial charge in [0.05, 0.1) is 17.9 Å². The van der Waals surface area contributed by atoms with Gasteiger partial charge in [-0.2, -0.15) is 0 Å². The van der Waals surface area contributed by atoms with Gasteiger partial charge in [0.1, 0.15) is 11.6 Å². The SMILES string of the molecule is O=C(NC[C@H](c1ccco1)N1CCCCC1)c1ccccc1F. The van der Waals surface area contributed by atoms with Crippen LogP contribution in [-0.4, -0.2) is 30.4 Å². The Hall–Kier alpha value is -2.14. The van der Waals surface area contributed by atoms with E-state index in [9.17, 15) is 9.18 Å². The van der Waals surface area contributed by atoms with Crippen LogP contribution in [0.2, 0.25) is 0 Å². The van der Waals surface area contributed by atoms with E-state index >= 15 is 0 Å². The van der Waals surface area contributed by atoms with Crippen molar-refractivity contribution < 1.29 is 13.6 Å². The van der Waals surface area contributed by atoms with E-state index < -0.39 is 11.7 Å². The fourth-order valence-corrected chi connectivity index (χ4v) is 3.05. The van der Waals surface area contributed by atoms with Crippen LogP contribution in [0.15, 0.2) is 47.1 Å². The van der Waals surface area contributed by atoms with Crippen molar-refractivity contribution in [2.24, 2.45) is 0 Å². The molecule has 1 aliphatic heterocycles. The van der Waals surface area contributed by atoms with Crippen molar-refractivity contribution in [1.82, 2.24) is 10.2 Å². The lowest BCUT2D eigenvalue weighted by atomic mass is 10.1. The number of carbonyl (C=O) groups is 1. The van der Waals surface area contributed by atoms with Gasteiger partial charge in [0.25, 0.3) is 5.91 Å². The monoisotopic (exact) mass is 316 g/mol. The van der Waals surface area contributed by atoms with E-state index in [1.165, 1.54) is 18.6 Å². The summed E-state index contributed by atoms with van der Waals surface area (Å²) in [5.41, 5.74) is 0.0735. The Morgan fingerprint density at radius 2 is 1.96 bits per heavy atom. The van der Waals surface area contributed by atoms with Crippen LogP contribution in [-0.2, 0) is 0 Å². The molecule has 5 heteroatoms. The number of hydrogen-bond acceptors (Lipinski definition) is 3. The molecular formula is C18H21FN2O2. The van der Waals surface area contributed by atoms with Gasteiger partial charge in [0.15, 0.2) is 0 Å². The molecule has 1 amide bonds. The van der Waals surface area contributed by atoms with Crippen LogP contribution in [0.25, 0.3) is 0 Å². The van der Waals surface area contributed by atoms with E-state index in [0.717, 1.165) is 31.7 Å². The van der Waals surface area contributed by atoms with Gasteiger partial charge in [0.2, 0.25) is 0 Å². The number of nitrogens with one attached hydrogen (secondary N) is 1. The van der Waals surface area contributed by atoms with Gasteiger partial charge in [-0.15, -0.1) is 0 Å². The van der Waals surface area contributed by atoms with E-state index in [0.29, 0.717) is 6.54 Å². The standard InChI is InChI=1S/C18H21FN2O2/c19-15-8-3-2-7-14(15)18(22)20-13-16(17-9-6-12-23-17)21-10-4-1-5-11-21/h2-3,6-9,12,16H,1,4-5,10-11,13H2,(H,20,22)/t16-/m1/s1. The van der Waals surface area contributed by atoms with E-state index in [2.05, 4.69) is 10.2 Å². The minimum Gasteiger partial charge on any atom is -0.468 e. The van der Waals surface area contributed by atoms with E-state index in [1.807, 2.05) is 12.1 Å². The number of carbonyl (C=O) groups excluding carboxylic acids is 1. The number of furan rings is 1. The molecule has 1 fully saturated rings. The van der Waals surface area contributed by atoms with E-state index in [-0.39, 0.29) is 11.6 Å². The number of benzene rings is 1. The summed E-state index contributed by atoms with van der Waals surface area (Å²) in [5, 5.41) is 2.84. The van der Waals surface area contributed by atoms with Gasteiger partial charge in [-0.3, -0.25) is 9.69 Å². The molecule has 2 heterocycles. The number of nitrogens with zero attached hydrogens (tertiary/aromatic N) is 1. The molecule has 122 valence electrons. The molecule has 0 bridgehead atoms. The second-order valence-electron chi connectivity index (χ2n) is 5.82. The first-order valence-electron chi connectivity index (χ1n) is 8.06. The van der Waals surface area contributed by atoms with Crippen molar-refractivity contribution in [1.29, 1.82) is 0 Å². The van der Waals surface area contributed by atoms with Crippen LogP contribution in [0.4, 0.5) is 4.39 Å². The van der Waals surface area contributed by atoms with Gasteiger partial charge in [0, 0.05) is 6.54 Å². The lowest BCUT2D eigenvalue weighted by molar-refractivity contribution is 0.0910. The molecule has 1 N–H and O–H groups in total. The predicted molar refractivity (Wildman–Crippen MR) is 85.6 cm³/mol. The highest BCUT2D eigenvalue weighted by Crippen LogP contribution is 2.24. The summed E-state index contributed by atoms with van der Waals surface area (Å²) in [7, 11) is 0. The quantitative estimate of drug-likeness (QED) is 0.920. The number of rotatable bonds is 5. The topological polar surface area (TPSA) is 45.5 Å². The van der Waals surface area contributed by atoms with Crippen molar-refractivity contribution >= 4 is 5.91 Å². The van der Waals surface area contributed by atoms with Crippen LogP contribution in [0, 0.1) is 5.82 Å². The molecule has 0 saturated carbocycles. The lowest BCUT2D eigenvalue weighted by Gasteiger charge is -2.33. The van der Waals surface area contributed by atoms with Crippen LogP contribution < -0.4 is 5.32 Å². The molecule has 0 aliphatic carbocycles. The number of piperidine rings is 1. The third-order valence-corrected chi connectivity index (χ3v) is 4.28. The fraction of sp³-hybridized carbons (Fsp3) is 0.389. The van der Waals surface area contributed by atoms with E-state index in [1.54, 1.807) is 18.4 Å². The molecule has 1 aromatic heterocycles. The Balaban J connectivity index is 1.69. The maximum Gasteiger partial charge on any atom is 0.254 e. The van der Waals surface area contributed by atoms with Crippen molar-refractivity contribution in [3.63, 3.8) is 0 Å². The Kier molecular flexibility index (Phi) is 5.08. The molecule has 1 aliphatic rings. The first-order valence-corrected chi connectivity index (χ1v) is 8.06. The Bertz CT molecular complexity index is 636. The highest BCUT2D eigenvalue weighted by atomic mass is 19.1. The van der Waals surface area contributed by atoms with Crippen molar-refractivity contribution in [3.8, 4) is 0 Å². The fourth-order valence-electron chi connectivity index (χ4n) is 3.05. The maximum atomic E-state index is 13.7.